The standard InChI is InChI=1S/C11H23N3O/c1-2-9(12)10(15)14-8-11(13)6-4-3-5-7-11/h9H,2-8,12-13H2,1H3,(H,14,15)/t9-/m0/s1. The Kier molecular flexibility index (Phi) is 4.54. The Bertz CT molecular complexity index is 212. The molecule has 1 fully saturated rings. The average Bonchev–Trinajstić information content (AvgIpc) is 2.26. The molecule has 1 atom stereocenters. The van der Waals surface area contributed by atoms with E-state index in [-0.39, 0.29) is 11.4 Å². The Morgan fingerprint density at radius 2 is 2.00 bits per heavy atom. The van der Waals surface area contributed by atoms with Gasteiger partial charge in [0.2, 0.25) is 5.91 Å². The van der Waals surface area contributed by atoms with E-state index in [0.29, 0.717) is 13.0 Å². The zero-order chi connectivity index (χ0) is 11.3. The number of amides is 1. The molecule has 1 saturated carbocycles. The van der Waals surface area contributed by atoms with Gasteiger partial charge in [0.1, 0.15) is 0 Å². The molecule has 0 spiro atoms. The number of hydrogen-bond acceptors (Lipinski definition) is 3. The van der Waals surface area contributed by atoms with Crippen molar-refractivity contribution in [2.45, 2.75) is 57.0 Å². The van der Waals surface area contributed by atoms with Crippen LogP contribution in [0, 0.1) is 0 Å². The largest absolute Gasteiger partial charge is 0.353 e. The van der Waals surface area contributed by atoms with Crippen molar-refractivity contribution >= 4 is 5.91 Å². The van der Waals surface area contributed by atoms with Crippen molar-refractivity contribution in [2.24, 2.45) is 11.5 Å². The molecule has 0 aromatic carbocycles. The number of carbonyl (C=O) groups is 1. The van der Waals surface area contributed by atoms with Crippen molar-refractivity contribution in [3.63, 3.8) is 0 Å². The lowest BCUT2D eigenvalue weighted by Gasteiger charge is -2.33. The van der Waals surface area contributed by atoms with Gasteiger partial charge in [-0.1, -0.05) is 26.2 Å². The Morgan fingerprint density at radius 3 is 2.53 bits per heavy atom. The minimum Gasteiger partial charge on any atom is -0.353 e. The highest BCUT2D eigenvalue weighted by atomic mass is 16.2. The molecule has 0 radical (unpaired) electrons. The van der Waals surface area contributed by atoms with Crippen LogP contribution in [0.3, 0.4) is 0 Å². The summed E-state index contributed by atoms with van der Waals surface area (Å²) in [5.41, 5.74) is 11.6. The molecule has 1 aliphatic carbocycles. The highest BCUT2D eigenvalue weighted by molar-refractivity contribution is 5.81. The Hall–Kier alpha value is -0.610. The maximum atomic E-state index is 11.5. The van der Waals surface area contributed by atoms with E-state index in [2.05, 4.69) is 5.32 Å². The highest BCUT2D eigenvalue weighted by Gasteiger charge is 2.28. The maximum Gasteiger partial charge on any atom is 0.236 e. The zero-order valence-corrected chi connectivity index (χ0v) is 9.59. The first kappa shape index (κ1) is 12.5. The van der Waals surface area contributed by atoms with Crippen molar-refractivity contribution in [3.8, 4) is 0 Å². The predicted molar refractivity (Wildman–Crippen MR) is 61.3 cm³/mol. The molecule has 5 N–H and O–H groups in total. The van der Waals surface area contributed by atoms with Gasteiger partial charge >= 0.3 is 0 Å². The van der Waals surface area contributed by atoms with E-state index in [0.717, 1.165) is 12.8 Å². The molecule has 4 heteroatoms. The van der Waals surface area contributed by atoms with Gasteiger partial charge in [-0.2, -0.15) is 0 Å². The van der Waals surface area contributed by atoms with Crippen molar-refractivity contribution in [2.75, 3.05) is 6.54 Å². The fourth-order valence-corrected chi connectivity index (χ4v) is 2.01. The van der Waals surface area contributed by atoms with Crippen LogP contribution < -0.4 is 16.8 Å². The predicted octanol–water partition coefficient (Wildman–Crippen LogP) is 0.502. The Labute approximate surface area is 91.8 Å². The summed E-state index contributed by atoms with van der Waals surface area (Å²) >= 11 is 0. The van der Waals surface area contributed by atoms with E-state index in [1.165, 1.54) is 19.3 Å². The van der Waals surface area contributed by atoms with Crippen molar-refractivity contribution < 1.29 is 4.79 Å². The molecule has 1 aliphatic rings. The van der Waals surface area contributed by atoms with Gasteiger partial charge in [0.15, 0.2) is 0 Å². The summed E-state index contributed by atoms with van der Waals surface area (Å²) in [6.45, 7) is 2.47. The van der Waals surface area contributed by atoms with Gasteiger partial charge in [-0.3, -0.25) is 4.79 Å². The number of rotatable bonds is 4. The van der Waals surface area contributed by atoms with Gasteiger partial charge in [0.25, 0.3) is 0 Å². The van der Waals surface area contributed by atoms with E-state index < -0.39 is 6.04 Å². The number of hydrogen-bond donors (Lipinski definition) is 3. The third kappa shape index (κ3) is 3.80. The average molecular weight is 213 g/mol. The minimum absolute atomic E-state index is 0.0760. The zero-order valence-electron chi connectivity index (χ0n) is 9.59. The van der Waals surface area contributed by atoms with E-state index >= 15 is 0 Å². The number of nitrogens with one attached hydrogen (secondary N) is 1. The normalized spacial score (nSPS) is 22.1. The van der Waals surface area contributed by atoms with Crippen LogP contribution in [0.1, 0.15) is 45.4 Å². The number of carbonyl (C=O) groups excluding carboxylic acids is 1. The summed E-state index contributed by atoms with van der Waals surface area (Å²) in [7, 11) is 0. The van der Waals surface area contributed by atoms with Crippen LogP contribution in [0.5, 0.6) is 0 Å². The second kappa shape index (κ2) is 5.47. The first-order valence-corrected chi connectivity index (χ1v) is 5.89. The van der Waals surface area contributed by atoms with Crippen LogP contribution >= 0.6 is 0 Å². The highest BCUT2D eigenvalue weighted by Crippen LogP contribution is 2.24. The van der Waals surface area contributed by atoms with E-state index in [1.807, 2.05) is 6.92 Å². The Morgan fingerprint density at radius 1 is 1.40 bits per heavy atom. The first-order chi connectivity index (χ1) is 7.07. The molecule has 1 rings (SSSR count). The van der Waals surface area contributed by atoms with Crippen LogP contribution in [0.15, 0.2) is 0 Å². The second-order valence-electron chi connectivity index (χ2n) is 4.66. The van der Waals surface area contributed by atoms with Crippen LogP contribution in [0.2, 0.25) is 0 Å². The lowest BCUT2D eigenvalue weighted by Crippen LogP contribution is -2.53. The molecule has 0 aromatic rings. The van der Waals surface area contributed by atoms with Gasteiger partial charge < -0.3 is 16.8 Å². The molecule has 0 aromatic heterocycles. The van der Waals surface area contributed by atoms with E-state index in [1.54, 1.807) is 0 Å². The topological polar surface area (TPSA) is 81.1 Å². The smallest absolute Gasteiger partial charge is 0.236 e. The summed E-state index contributed by atoms with van der Waals surface area (Å²) in [6.07, 6.45) is 6.30. The molecule has 0 unspecified atom stereocenters. The molecule has 4 nitrogen and oxygen atoms in total. The number of nitrogens with two attached hydrogens (primary N) is 2. The van der Waals surface area contributed by atoms with Crippen molar-refractivity contribution in [1.82, 2.24) is 5.32 Å². The summed E-state index contributed by atoms with van der Waals surface area (Å²) in [6, 6.07) is -0.391. The molecule has 0 saturated heterocycles. The molecular weight excluding hydrogens is 190 g/mol. The summed E-state index contributed by atoms with van der Waals surface area (Å²) in [5, 5.41) is 2.85. The second-order valence-corrected chi connectivity index (χ2v) is 4.66. The Balaban J connectivity index is 2.31. The van der Waals surface area contributed by atoms with Crippen molar-refractivity contribution in [3.05, 3.63) is 0 Å². The van der Waals surface area contributed by atoms with Gasteiger partial charge in [-0.25, -0.2) is 0 Å². The maximum absolute atomic E-state index is 11.5. The lowest BCUT2D eigenvalue weighted by molar-refractivity contribution is -0.122. The minimum atomic E-state index is -0.391. The van der Waals surface area contributed by atoms with Gasteiger partial charge in [-0.05, 0) is 19.3 Å². The SMILES string of the molecule is CC[C@H](N)C(=O)NCC1(N)CCCCC1. The summed E-state index contributed by atoms with van der Waals surface area (Å²) in [4.78, 5) is 11.5. The molecule has 0 aliphatic heterocycles. The molecular formula is C11H23N3O. The van der Waals surface area contributed by atoms with Gasteiger partial charge in [0, 0.05) is 12.1 Å². The summed E-state index contributed by atoms with van der Waals surface area (Å²) in [5.74, 6) is -0.0760. The lowest BCUT2D eigenvalue weighted by atomic mass is 9.82. The van der Waals surface area contributed by atoms with Crippen LogP contribution in [-0.2, 0) is 4.79 Å². The quantitative estimate of drug-likeness (QED) is 0.636. The fraction of sp³-hybridized carbons (Fsp3) is 0.909. The molecule has 15 heavy (non-hydrogen) atoms. The van der Waals surface area contributed by atoms with Crippen molar-refractivity contribution in [1.29, 1.82) is 0 Å². The fourth-order valence-electron chi connectivity index (χ4n) is 2.01. The van der Waals surface area contributed by atoms with Gasteiger partial charge in [-0.15, -0.1) is 0 Å². The monoisotopic (exact) mass is 213 g/mol. The van der Waals surface area contributed by atoms with E-state index in [9.17, 15) is 4.79 Å². The molecule has 1 amide bonds. The van der Waals surface area contributed by atoms with Crippen LogP contribution in [-0.4, -0.2) is 24.0 Å². The molecule has 0 heterocycles. The van der Waals surface area contributed by atoms with Crippen LogP contribution in [0.25, 0.3) is 0 Å². The summed E-state index contributed by atoms with van der Waals surface area (Å²) < 4.78 is 0. The molecule has 88 valence electrons. The van der Waals surface area contributed by atoms with Crippen LogP contribution in [0.4, 0.5) is 0 Å². The third-order valence-corrected chi connectivity index (χ3v) is 3.24. The third-order valence-electron chi connectivity index (χ3n) is 3.24. The van der Waals surface area contributed by atoms with E-state index in [4.69, 9.17) is 11.5 Å². The molecule has 0 bridgehead atoms. The first-order valence-electron chi connectivity index (χ1n) is 5.89. The van der Waals surface area contributed by atoms with Gasteiger partial charge in [0.05, 0.1) is 6.04 Å².